The molecular weight excluding hydrogens is 272 g/mol. The summed E-state index contributed by atoms with van der Waals surface area (Å²) in [7, 11) is 0. The first kappa shape index (κ1) is 13.1. The summed E-state index contributed by atoms with van der Waals surface area (Å²) < 4.78 is 2.32. The van der Waals surface area contributed by atoms with Gasteiger partial charge in [-0.1, -0.05) is 24.9 Å². The van der Waals surface area contributed by atoms with Gasteiger partial charge in [-0.25, -0.2) is 4.79 Å². The minimum Gasteiger partial charge on any atom is -0.478 e. The molecule has 4 nitrogen and oxygen atoms in total. The summed E-state index contributed by atoms with van der Waals surface area (Å²) in [6.45, 7) is 2.82. The molecule has 0 saturated heterocycles. The predicted octanol–water partition coefficient (Wildman–Crippen LogP) is 3.76. The van der Waals surface area contributed by atoms with Crippen molar-refractivity contribution in [3.8, 4) is 10.6 Å². The Labute approximate surface area is 114 Å². The molecule has 0 atom stereocenters. The molecule has 0 spiro atoms. The van der Waals surface area contributed by atoms with Crippen molar-refractivity contribution in [1.82, 2.24) is 9.78 Å². The minimum absolute atomic E-state index is 0.226. The minimum atomic E-state index is -0.961. The maximum atomic E-state index is 11.2. The van der Waals surface area contributed by atoms with Crippen LogP contribution in [0.3, 0.4) is 0 Å². The molecule has 0 aromatic carbocycles. The van der Waals surface area contributed by atoms with E-state index in [1.165, 1.54) is 11.3 Å². The third-order valence-electron chi connectivity index (χ3n) is 2.54. The third kappa shape index (κ3) is 2.73. The fourth-order valence-electron chi connectivity index (χ4n) is 1.64. The van der Waals surface area contributed by atoms with Gasteiger partial charge in [0.15, 0.2) is 0 Å². The van der Waals surface area contributed by atoms with E-state index in [-0.39, 0.29) is 5.56 Å². The first-order chi connectivity index (χ1) is 8.61. The van der Waals surface area contributed by atoms with E-state index in [4.69, 9.17) is 11.6 Å². The third-order valence-corrected chi connectivity index (χ3v) is 3.78. The smallest absolute Gasteiger partial charge is 0.339 e. The average Bonchev–Trinajstić information content (AvgIpc) is 2.92. The first-order valence-corrected chi connectivity index (χ1v) is 6.87. The lowest BCUT2D eigenvalue weighted by molar-refractivity contribution is 0.0697. The van der Waals surface area contributed by atoms with Crippen LogP contribution in [-0.2, 0) is 6.54 Å². The molecule has 96 valence electrons. The normalized spacial score (nSPS) is 10.8. The SMILES string of the molecule is CCCCn1cc(C(=O)O)c(-c2ccc(Cl)s2)n1. The zero-order chi connectivity index (χ0) is 13.1. The van der Waals surface area contributed by atoms with Crippen molar-refractivity contribution in [2.75, 3.05) is 0 Å². The highest BCUT2D eigenvalue weighted by molar-refractivity contribution is 7.19. The Morgan fingerprint density at radius 3 is 2.89 bits per heavy atom. The van der Waals surface area contributed by atoms with Gasteiger partial charge in [-0.2, -0.15) is 5.10 Å². The molecule has 2 rings (SSSR count). The lowest BCUT2D eigenvalue weighted by Crippen LogP contribution is -1.98. The summed E-state index contributed by atoms with van der Waals surface area (Å²) in [5.74, 6) is -0.961. The van der Waals surface area contributed by atoms with E-state index in [9.17, 15) is 9.90 Å². The predicted molar refractivity (Wildman–Crippen MR) is 72.4 cm³/mol. The number of nitrogens with zero attached hydrogens (tertiary/aromatic N) is 2. The molecule has 0 fully saturated rings. The van der Waals surface area contributed by atoms with Gasteiger partial charge in [0.2, 0.25) is 0 Å². The second kappa shape index (κ2) is 5.54. The molecule has 18 heavy (non-hydrogen) atoms. The van der Waals surface area contributed by atoms with Crippen LogP contribution < -0.4 is 0 Å². The number of thiophene rings is 1. The number of halogens is 1. The molecule has 2 heterocycles. The highest BCUT2D eigenvalue weighted by atomic mass is 35.5. The molecule has 0 aliphatic carbocycles. The van der Waals surface area contributed by atoms with Crippen molar-refractivity contribution in [3.63, 3.8) is 0 Å². The highest BCUT2D eigenvalue weighted by Crippen LogP contribution is 2.32. The second-order valence-electron chi connectivity index (χ2n) is 3.92. The number of aromatic carboxylic acids is 1. The van der Waals surface area contributed by atoms with Crippen molar-refractivity contribution in [2.45, 2.75) is 26.3 Å². The van der Waals surface area contributed by atoms with E-state index < -0.39 is 5.97 Å². The molecule has 1 N–H and O–H groups in total. The topological polar surface area (TPSA) is 55.1 Å². The van der Waals surface area contributed by atoms with Gasteiger partial charge < -0.3 is 5.11 Å². The Balaban J connectivity index is 2.38. The van der Waals surface area contributed by atoms with Gasteiger partial charge in [0.05, 0.1) is 9.21 Å². The summed E-state index contributed by atoms with van der Waals surface area (Å²) in [5, 5.41) is 13.5. The number of aryl methyl sites for hydroxylation is 1. The lowest BCUT2D eigenvalue weighted by atomic mass is 10.2. The zero-order valence-corrected chi connectivity index (χ0v) is 11.5. The standard InChI is InChI=1S/C12H13ClN2O2S/c1-2-3-6-15-7-8(12(16)17)11(14-15)9-4-5-10(13)18-9/h4-5,7H,2-3,6H2,1H3,(H,16,17). The van der Waals surface area contributed by atoms with Crippen LogP contribution in [0.5, 0.6) is 0 Å². The number of carboxylic acid groups (broad SMARTS) is 1. The quantitative estimate of drug-likeness (QED) is 0.909. The van der Waals surface area contributed by atoms with Gasteiger partial charge in [0, 0.05) is 12.7 Å². The highest BCUT2D eigenvalue weighted by Gasteiger charge is 2.18. The summed E-state index contributed by atoms with van der Waals surface area (Å²) >= 11 is 7.20. The van der Waals surface area contributed by atoms with Crippen molar-refractivity contribution in [1.29, 1.82) is 0 Å². The number of hydrogen-bond acceptors (Lipinski definition) is 3. The van der Waals surface area contributed by atoms with Crippen LogP contribution in [0.4, 0.5) is 0 Å². The van der Waals surface area contributed by atoms with E-state index in [1.54, 1.807) is 23.0 Å². The molecular formula is C12H13ClN2O2S. The Morgan fingerprint density at radius 2 is 2.33 bits per heavy atom. The molecule has 0 saturated carbocycles. The maximum Gasteiger partial charge on any atom is 0.339 e. The lowest BCUT2D eigenvalue weighted by Gasteiger charge is -1.97. The molecule has 0 amide bonds. The molecule has 0 aliphatic heterocycles. The number of aromatic nitrogens is 2. The summed E-state index contributed by atoms with van der Waals surface area (Å²) in [4.78, 5) is 12.0. The average molecular weight is 285 g/mol. The van der Waals surface area contributed by atoms with E-state index >= 15 is 0 Å². The fraction of sp³-hybridized carbons (Fsp3) is 0.333. The number of unbranched alkanes of at least 4 members (excludes halogenated alkanes) is 1. The molecule has 0 bridgehead atoms. The van der Waals surface area contributed by atoms with Crippen LogP contribution in [0.15, 0.2) is 18.3 Å². The molecule has 2 aromatic rings. The number of rotatable bonds is 5. The van der Waals surface area contributed by atoms with E-state index in [0.717, 1.165) is 24.3 Å². The van der Waals surface area contributed by atoms with Crippen molar-refractivity contribution in [3.05, 3.63) is 28.2 Å². The zero-order valence-electron chi connectivity index (χ0n) is 9.89. The molecule has 0 unspecified atom stereocenters. The number of carbonyl (C=O) groups is 1. The summed E-state index contributed by atoms with van der Waals surface area (Å²) in [5.41, 5.74) is 0.722. The monoisotopic (exact) mass is 284 g/mol. The molecule has 6 heteroatoms. The van der Waals surface area contributed by atoms with Crippen LogP contribution in [0.2, 0.25) is 4.34 Å². The summed E-state index contributed by atoms with van der Waals surface area (Å²) in [6.07, 6.45) is 3.61. The van der Waals surface area contributed by atoms with Crippen LogP contribution in [0.1, 0.15) is 30.1 Å². The Bertz CT molecular complexity index is 562. The Morgan fingerprint density at radius 1 is 1.56 bits per heavy atom. The van der Waals surface area contributed by atoms with Gasteiger partial charge in [0.25, 0.3) is 0 Å². The number of carboxylic acids is 1. The fourth-order valence-corrected chi connectivity index (χ4v) is 2.68. The van der Waals surface area contributed by atoms with Crippen molar-refractivity contribution >= 4 is 28.9 Å². The van der Waals surface area contributed by atoms with Crippen molar-refractivity contribution in [2.24, 2.45) is 0 Å². The molecule has 2 aromatic heterocycles. The van der Waals surface area contributed by atoms with Crippen LogP contribution >= 0.6 is 22.9 Å². The second-order valence-corrected chi connectivity index (χ2v) is 5.63. The van der Waals surface area contributed by atoms with Gasteiger partial charge in [-0.3, -0.25) is 4.68 Å². The van der Waals surface area contributed by atoms with E-state index in [2.05, 4.69) is 12.0 Å². The molecule has 0 radical (unpaired) electrons. The van der Waals surface area contributed by atoms with Gasteiger partial charge >= 0.3 is 5.97 Å². The maximum absolute atomic E-state index is 11.2. The number of hydrogen-bond donors (Lipinski definition) is 1. The molecule has 0 aliphatic rings. The van der Waals surface area contributed by atoms with Crippen LogP contribution in [0.25, 0.3) is 10.6 Å². The van der Waals surface area contributed by atoms with E-state index in [1.807, 2.05) is 0 Å². The van der Waals surface area contributed by atoms with Crippen LogP contribution in [0, 0.1) is 0 Å². The van der Waals surface area contributed by atoms with Gasteiger partial charge in [0.1, 0.15) is 11.3 Å². The summed E-state index contributed by atoms with van der Waals surface area (Å²) in [6, 6.07) is 3.55. The Hall–Kier alpha value is -1.33. The van der Waals surface area contributed by atoms with Gasteiger partial charge in [-0.15, -0.1) is 11.3 Å². The first-order valence-electron chi connectivity index (χ1n) is 5.68. The largest absolute Gasteiger partial charge is 0.478 e. The van der Waals surface area contributed by atoms with Crippen molar-refractivity contribution < 1.29 is 9.90 Å². The van der Waals surface area contributed by atoms with Crippen LogP contribution in [-0.4, -0.2) is 20.9 Å². The van der Waals surface area contributed by atoms with E-state index in [0.29, 0.717) is 10.0 Å². The van der Waals surface area contributed by atoms with Gasteiger partial charge in [-0.05, 0) is 18.6 Å². The Kier molecular flexibility index (Phi) is 4.04.